The van der Waals surface area contributed by atoms with E-state index in [1.54, 1.807) is 61.5 Å². The SMILES string of the molecule is COc1ccc2cc1C1(CCCC1)CNC(=O)C[C@@H](C(=O)N(C)CCc1ccccc1)NC(=O)c1ccccc1OC[C@@H]1CCCN1S2(=O)=O. The second-order valence-corrected chi connectivity index (χ2v) is 15.5. The number of ether oxygens (including phenoxy) is 2. The Kier molecular flexibility index (Phi) is 10.8. The fourth-order valence-corrected chi connectivity index (χ4v) is 9.23. The number of benzene rings is 3. The molecule has 3 aromatic carbocycles. The average Bonchev–Trinajstić information content (AvgIpc) is 3.83. The number of hydrogen-bond donors (Lipinski definition) is 2. The highest BCUT2D eigenvalue weighted by molar-refractivity contribution is 7.89. The van der Waals surface area contributed by atoms with Crippen LogP contribution in [0.15, 0.2) is 77.7 Å². The molecule has 11 nitrogen and oxygen atoms in total. The highest BCUT2D eigenvalue weighted by Gasteiger charge is 2.41. The maximum Gasteiger partial charge on any atom is 0.255 e. The number of nitrogens with one attached hydrogen (secondary N) is 2. The molecule has 266 valence electrons. The predicted molar refractivity (Wildman–Crippen MR) is 189 cm³/mol. The Morgan fingerprint density at radius 3 is 2.52 bits per heavy atom. The van der Waals surface area contributed by atoms with Crippen LogP contribution in [0.3, 0.4) is 0 Å². The van der Waals surface area contributed by atoms with Gasteiger partial charge in [-0.2, -0.15) is 4.31 Å². The standard InChI is InChI=1S/C38H46N4O7S/c1-41(22-18-27-11-4-3-5-12-27)37(45)32-24-35(43)39-26-38(19-8-9-20-38)31-23-29(16-17-34(31)48-2)50(46,47)42-21-10-13-28(42)25-49-33-15-7-6-14-30(33)36(44)40-32/h3-7,11-12,14-17,23,28,32H,8-10,13,18-22,24-26H2,1-2H3,(H,39,43)(H,40,44)/t28-,32-/m0/s1. The van der Waals surface area contributed by atoms with Gasteiger partial charge in [0.25, 0.3) is 5.91 Å². The third kappa shape index (κ3) is 7.51. The van der Waals surface area contributed by atoms with Crippen molar-refractivity contribution in [2.24, 2.45) is 0 Å². The number of hydrogen-bond acceptors (Lipinski definition) is 7. The van der Waals surface area contributed by atoms with Crippen molar-refractivity contribution >= 4 is 27.7 Å². The number of rotatable bonds is 5. The third-order valence-electron chi connectivity index (χ3n) is 10.4. The molecule has 1 aliphatic carbocycles. The van der Waals surface area contributed by atoms with E-state index < -0.39 is 39.3 Å². The molecule has 0 radical (unpaired) electrons. The summed E-state index contributed by atoms with van der Waals surface area (Å²) in [6.07, 6.45) is 4.89. The van der Waals surface area contributed by atoms with Crippen LogP contribution in [-0.4, -0.2) is 87.8 Å². The van der Waals surface area contributed by atoms with E-state index in [2.05, 4.69) is 10.6 Å². The molecule has 3 amide bonds. The first-order chi connectivity index (χ1) is 24.1. The Morgan fingerprint density at radius 1 is 1.02 bits per heavy atom. The van der Waals surface area contributed by atoms with Gasteiger partial charge in [-0.15, -0.1) is 0 Å². The van der Waals surface area contributed by atoms with Gasteiger partial charge in [0.05, 0.1) is 30.0 Å². The number of carbonyl (C=O) groups is 3. The zero-order valence-corrected chi connectivity index (χ0v) is 29.5. The summed E-state index contributed by atoms with van der Waals surface area (Å²) in [4.78, 5) is 43.1. The van der Waals surface area contributed by atoms with Crippen LogP contribution in [0.1, 0.15) is 66.4 Å². The van der Waals surface area contributed by atoms with Gasteiger partial charge in [-0.25, -0.2) is 8.42 Å². The second-order valence-electron chi connectivity index (χ2n) is 13.6. The van der Waals surface area contributed by atoms with Crippen molar-refractivity contribution in [3.63, 3.8) is 0 Å². The fraction of sp³-hybridized carbons (Fsp3) is 0.447. The minimum atomic E-state index is -3.91. The molecule has 2 aliphatic heterocycles. The van der Waals surface area contributed by atoms with Crippen molar-refractivity contribution < 1.29 is 32.3 Å². The van der Waals surface area contributed by atoms with Crippen LogP contribution >= 0.6 is 0 Å². The molecule has 50 heavy (non-hydrogen) atoms. The maximum absolute atomic E-state index is 14.2. The molecule has 2 bridgehead atoms. The molecule has 12 heteroatoms. The van der Waals surface area contributed by atoms with E-state index in [1.807, 2.05) is 30.3 Å². The van der Waals surface area contributed by atoms with E-state index in [1.165, 1.54) is 4.31 Å². The Hall–Kier alpha value is -4.42. The summed E-state index contributed by atoms with van der Waals surface area (Å²) in [6, 6.07) is 19.9. The van der Waals surface area contributed by atoms with Crippen LogP contribution < -0.4 is 20.1 Å². The molecule has 2 atom stereocenters. The molecule has 1 saturated heterocycles. The number of sulfonamides is 1. The summed E-state index contributed by atoms with van der Waals surface area (Å²) in [5.41, 5.74) is 1.43. The van der Waals surface area contributed by atoms with Gasteiger partial charge in [-0.1, -0.05) is 55.3 Å². The molecule has 6 rings (SSSR count). The van der Waals surface area contributed by atoms with E-state index in [0.717, 1.165) is 36.8 Å². The lowest BCUT2D eigenvalue weighted by atomic mass is 9.78. The summed E-state index contributed by atoms with van der Waals surface area (Å²) in [5, 5.41) is 5.89. The summed E-state index contributed by atoms with van der Waals surface area (Å²) < 4.78 is 41.8. The largest absolute Gasteiger partial charge is 0.496 e. The quantitative estimate of drug-likeness (QED) is 0.410. The topological polar surface area (TPSA) is 134 Å². The van der Waals surface area contributed by atoms with E-state index in [4.69, 9.17) is 9.47 Å². The Bertz CT molecular complexity index is 1810. The van der Waals surface area contributed by atoms with Gasteiger partial charge in [0, 0.05) is 37.7 Å². The van der Waals surface area contributed by atoms with Crippen LogP contribution in [0.25, 0.3) is 0 Å². The molecule has 2 fully saturated rings. The van der Waals surface area contributed by atoms with Crippen molar-refractivity contribution in [1.82, 2.24) is 19.8 Å². The highest BCUT2D eigenvalue weighted by Crippen LogP contribution is 2.45. The summed E-state index contributed by atoms with van der Waals surface area (Å²) in [7, 11) is -0.672. The van der Waals surface area contributed by atoms with Crippen molar-refractivity contribution in [3.05, 3.63) is 89.5 Å². The first-order valence-corrected chi connectivity index (χ1v) is 18.8. The number of amides is 3. The van der Waals surface area contributed by atoms with Crippen LogP contribution in [0.2, 0.25) is 0 Å². The van der Waals surface area contributed by atoms with Crippen LogP contribution in [0.4, 0.5) is 0 Å². The second kappa shape index (κ2) is 15.2. The molecule has 0 unspecified atom stereocenters. The van der Waals surface area contributed by atoms with Gasteiger partial charge >= 0.3 is 0 Å². The van der Waals surface area contributed by atoms with Crippen LogP contribution in [-0.2, 0) is 31.4 Å². The summed E-state index contributed by atoms with van der Waals surface area (Å²) >= 11 is 0. The third-order valence-corrected chi connectivity index (χ3v) is 12.3. The van der Waals surface area contributed by atoms with Crippen molar-refractivity contribution in [3.8, 4) is 11.5 Å². The molecular weight excluding hydrogens is 657 g/mol. The van der Waals surface area contributed by atoms with Gasteiger partial charge in [0.1, 0.15) is 24.1 Å². The molecule has 2 heterocycles. The molecule has 0 aromatic heterocycles. The normalized spacial score (nSPS) is 22.2. The summed E-state index contributed by atoms with van der Waals surface area (Å²) in [6.45, 7) is 1.02. The minimum Gasteiger partial charge on any atom is -0.496 e. The first kappa shape index (κ1) is 35.4. The Balaban J connectivity index is 1.35. The smallest absolute Gasteiger partial charge is 0.255 e. The lowest BCUT2D eigenvalue weighted by molar-refractivity contribution is -0.134. The monoisotopic (exact) mass is 702 g/mol. The number of likely N-dealkylation sites (N-methyl/N-ethyl adjacent to an activating group) is 1. The van der Waals surface area contributed by atoms with Gasteiger partial charge in [-0.05, 0) is 68.0 Å². The molecule has 3 aliphatic rings. The zero-order chi connectivity index (χ0) is 35.3. The number of para-hydroxylation sites is 1. The van der Waals surface area contributed by atoms with Gasteiger partial charge in [0.2, 0.25) is 21.8 Å². The first-order valence-electron chi connectivity index (χ1n) is 17.4. The Morgan fingerprint density at radius 2 is 1.76 bits per heavy atom. The van der Waals surface area contributed by atoms with Crippen molar-refractivity contribution in [2.75, 3.05) is 40.4 Å². The van der Waals surface area contributed by atoms with E-state index in [0.29, 0.717) is 38.1 Å². The fourth-order valence-electron chi connectivity index (χ4n) is 7.53. The molecule has 2 N–H and O–H groups in total. The lowest BCUT2D eigenvalue weighted by Crippen LogP contribution is -2.50. The maximum atomic E-state index is 14.2. The van der Waals surface area contributed by atoms with Crippen LogP contribution in [0.5, 0.6) is 11.5 Å². The van der Waals surface area contributed by atoms with Gasteiger partial charge < -0.3 is 25.0 Å². The average molecular weight is 703 g/mol. The van der Waals surface area contributed by atoms with E-state index in [9.17, 15) is 22.8 Å². The molecule has 1 saturated carbocycles. The number of fused-ring (bicyclic) bond motifs is 5. The minimum absolute atomic E-state index is 0.0451. The van der Waals surface area contributed by atoms with Gasteiger partial charge in [0.15, 0.2) is 0 Å². The number of nitrogens with zero attached hydrogens (tertiary/aromatic N) is 2. The predicted octanol–water partition coefficient (Wildman–Crippen LogP) is 4.06. The van der Waals surface area contributed by atoms with E-state index in [-0.39, 0.29) is 41.7 Å². The van der Waals surface area contributed by atoms with Crippen molar-refractivity contribution in [1.29, 1.82) is 0 Å². The van der Waals surface area contributed by atoms with Gasteiger partial charge in [-0.3, -0.25) is 14.4 Å². The summed E-state index contributed by atoms with van der Waals surface area (Å²) in [5.74, 6) is -0.521. The Labute approximate surface area is 294 Å². The number of methoxy groups -OCH3 is 1. The molecular formula is C38H46N4O7S. The lowest BCUT2D eigenvalue weighted by Gasteiger charge is -2.33. The van der Waals surface area contributed by atoms with Crippen LogP contribution in [0, 0.1) is 0 Å². The number of carbonyl (C=O) groups excluding carboxylic acids is 3. The molecule has 1 spiro atoms. The van der Waals surface area contributed by atoms with E-state index >= 15 is 0 Å². The molecule has 3 aromatic rings. The highest BCUT2D eigenvalue weighted by atomic mass is 32.2. The zero-order valence-electron chi connectivity index (χ0n) is 28.7. The van der Waals surface area contributed by atoms with Crippen molar-refractivity contribution in [2.45, 2.75) is 73.8 Å².